The average Bonchev–Trinajstić information content (AvgIpc) is 2.72. The second-order valence-electron chi connectivity index (χ2n) is 8.91. The van der Waals surface area contributed by atoms with Crippen molar-refractivity contribution < 1.29 is 24.2 Å². The number of methoxy groups -OCH3 is 1. The number of ether oxygens (including phenoxy) is 2. The summed E-state index contributed by atoms with van der Waals surface area (Å²) in [5.41, 5.74) is 0.856. The summed E-state index contributed by atoms with van der Waals surface area (Å²) in [5, 5.41) is 12.6. The van der Waals surface area contributed by atoms with Crippen LogP contribution in [-0.4, -0.2) is 48.3 Å². The van der Waals surface area contributed by atoms with Gasteiger partial charge in [-0.15, -0.1) is 0 Å². The lowest BCUT2D eigenvalue weighted by Gasteiger charge is -2.35. The normalized spacial score (nSPS) is 24.9. The molecule has 0 bridgehead atoms. The number of nitrogens with zero attached hydrogens (tertiary/aromatic N) is 1. The fourth-order valence-electron chi connectivity index (χ4n) is 4.68. The number of carbonyl (C=O) groups excluding carboxylic acids is 2. The highest BCUT2D eigenvalue weighted by molar-refractivity contribution is 5.79. The monoisotopic (exact) mass is 418 g/mol. The van der Waals surface area contributed by atoms with Gasteiger partial charge in [0.1, 0.15) is 6.10 Å². The summed E-state index contributed by atoms with van der Waals surface area (Å²) in [6, 6.07) is 5.02. The number of amides is 2. The van der Waals surface area contributed by atoms with E-state index in [4.69, 9.17) is 9.47 Å². The smallest absolute Gasteiger partial charge is 0.410 e. The molecular formula is C23H34N2O5. The standard InChI is InChI=1S/C23H34N2O5/c1-15-10-16(2)12-19(11-15)30-23(28)25-8-6-18(7-9-25)22(27)24-14-17-4-5-20(26)21(13-17)29-3/h4-5,13,15-16,18-19,26H,6-12,14H2,1-3H3,(H,24,27)/t15-,16+,19?. The molecule has 2 N–H and O–H groups in total. The van der Waals surface area contributed by atoms with Crippen molar-refractivity contribution in [1.82, 2.24) is 10.2 Å². The quantitative estimate of drug-likeness (QED) is 0.761. The maximum Gasteiger partial charge on any atom is 0.410 e. The first kappa shape index (κ1) is 22.2. The number of aromatic hydroxyl groups is 1. The second kappa shape index (κ2) is 10.0. The molecule has 1 unspecified atom stereocenters. The van der Waals surface area contributed by atoms with Gasteiger partial charge in [0, 0.05) is 25.6 Å². The molecule has 166 valence electrons. The molecule has 1 saturated heterocycles. The van der Waals surface area contributed by atoms with E-state index in [1.54, 1.807) is 23.1 Å². The van der Waals surface area contributed by atoms with E-state index >= 15 is 0 Å². The Labute approximate surface area is 178 Å². The molecule has 1 heterocycles. The predicted octanol–water partition coefficient (Wildman–Crippen LogP) is 3.69. The Hall–Kier alpha value is -2.44. The Morgan fingerprint density at radius 1 is 1.13 bits per heavy atom. The van der Waals surface area contributed by atoms with Crippen molar-refractivity contribution in [3.8, 4) is 11.5 Å². The first-order valence-corrected chi connectivity index (χ1v) is 10.9. The number of rotatable bonds is 5. The highest BCUT2D eigenvalue weighted by Gasteiger charge is 2.31. The number of piperidine rings is 1. The van der Waals surface area contributed by atoms with Crippen molar-refractivity contribution in [2.24, 2.45) is 17.8 Å². The molecule has 0 spiro atoms. The summed E-state index contributed by atoms with van der Waals surface area (Å²) >= 11 is 0. The number of hydrogen-bond acceptors (Lipinski definition) is 5. The zero-order chi connectivity index (χ0) is 21.7. The first-order chi connectivity index (χ1) is 14.4. The maximum atomic E-state index is 12.5. The van der Waals surface area contributed by atoms with Crippen molar-refractivity contribution in [3.63, 3.8) is 0 Å². The number of benzene rings is 1. The molecular weight excluding hydrogens is 384 g/mol. The van der Waals surface area contributed by atoms with Crippen molar-refractivity contribution in [2.45, 2.75) is 58.6 Å². The molecule has 1 aliphatic heterocycles. The van der Waals surface area contributed by atoms with Gasteiger partial charge in [-0.1, -0.05) is 19.9 Å². The number of phenolic OH excluding ortho intramolecular Hbond substituents is 1. The van der Waals surface area contributed by atoms with Gasteiger partial charge in [0.05, 0.1) is 7.11 Å². The summed E-state index contributed by atoms with van der Waals surface area (Å²) in [5.74, 6) is 1.52. The third-order valence-electron chi connectivity index (χ3n) is 6.24. The van der Waals surface area contributed by atoms with Crippen LogP contribution in [0.5, 0.6) is 11.5 Å². The molecule has 1 aliphatic carbocycles. The Balaban J connectivity index is 1.42. The lowest BCUT2D eigenvalue weighted by Crippen LogP contribution is -2.44. The summed E-state index contributed by atoms with van der Waals surface area (Å²) in [7, 11) is 1.49. The van der Waals surface area contributed by atoms with E-state index in [1.165, 1.54) is 13.5 Å². The van der Waals surface area contributed by atoms with Crippen LogP contribution in [0.25, 0.3) is 0 Å². The van der Waals surface area contributed by atoms with Gasteiger partial charge in [-0.2, -0.15) is 0 Å². The van der Waals surface area contributed by atoms with Crippen LogP contribution in [0.2, 0.25) is 0 Å². The van der Waals surface area contributed by atoms with Gasteiger partial charge in [0.25, 0.3) is 0 Å². The van der Waals surface area contributed by atoms with Gasteiger partial charge in [-0.25, -0.2) is 4.79 Å². The fraction of sp³-hybridized carbons (Fsp3) is 0.652. The van der Waals surface area contributed by atoms with Crippen LogP contribution in [-0.2, 0) is 16.1 Å². The minimum Gasteiger partial charge on any atom is -0.504 e. The number of likely N-dealkylation sites (tertiary alicyclic amines) is 1. The third kappa shape index (κ3) is 5.80. The molecule has 1 aromatic carbocycles. The van der Waals surface area contributed by atoms with Crippen molar-refractivity contribution >= 4 is 12.0 Å². The Morgan fingerprint density at radius 2 is 1.80 bits per heavy atom. The molecule has 2 fully saturated rings. The zero-order valence-corrected chi connectivity index (χ0v) is 18.2. The molecule has 0 radical (unpaired) electrons. The van der Waals surface area contributed by atoms with Crippen LogP contribution < -0.4 is 10.1 Å². The van der Waals surface area contributed by atoms with Crippen LogP contribution >= 0.6 is 0 Å². The second-order valence-corrected chi connectivity index (χ2v) is 8.91. The van der Waals surface area contributed by atoms with Crippen LogP contribution in [0.1, 0.15) is 51.5 Å². The van der Waals surface area contributed by atoms with Gasteiger partial charge < -0.3 is 24.8 Å². The van der Waals surface area contributed by atoms with Crippen molar-refractivity contribution in [3.05, 3.63) is 23.8 Å². The Morgan fingerprint density at radius 3 is 2.43 bits per heavy atom. The van der Waals surface area contributed by atoms with E-state index in [0.717, 1.165) is 18.4 Å². The molecule has 0 aromatic heterocycles. The van der Waals surface area contributed by atoms with E-state index in [2.05, 4.69) is 19.2 Å². The largest absolute Gasteiger partial charge is 0.504 e. The first-order valence-electron chi connectivity index (χ1n) is 10.9. The minimum atomic E-state index is -0.239. The maximum absolute atomic E-state index is 12.5. The Kier molecular flexibility index (Phi) is 7.45. The Bertz CT molecular complexity index is 735. The summed E-state index contributed by atoms with van der Waals surface area (Å²) < 4.78 is 10.9. The van der Waals surface area contributed by atoms with Gasteiger partial charge in [-0.05, 0) is 61.6 Å². The lowest BCUT2D eigenvalue weighted by molar-refractivity contribution is -0.126. The average molecular weight is 419 g/mol. The molecule has 3 rings (SSSR count). The number of phenols is 1. The van der Waals surface area contributed by atoms with Crippen LogP contribution in [0, 0.1) is 17.8 Å². The van der Waals surface area contributed by atoms with Gasteiger partial charge in [0.15, 0.2) is 11.5 Å². The molecule has 3 atom stereocenters. The van der Waals surface area contributed by atoms with Gasteiger partial charge in [-0.3, -0.25) is 4.79 Å². The highest BCUT2D eigenvalue weighted by atomic mass is 16.6. The van der Waals surface area contributed by atoms with E-state index in [9.17, 15) is 14.7 Å². The highest BCUT2D eigenvalue weighted by Crippen LogP contribution is 2.31. The molecule has 1 saturated carbocycles. The molecule has 30 heavy (non-hydrogen) atoms. The number of nitrogens with one attached hydrogen (secondary N) is 1. The predicted molar refractivity (Wildman–Crippen MR) is 113 cm³/mol. The van der Waals surface area contributed by atoms with E-state index in [1.807, 2.05) is 0 Å². The molecule has 2 aliphatic rings. The van der Waals surface area contributed by atoms with E-state index < -0.39 is 0 Å². The van der Waals surface area contributed by atoms with Crippen LogP contribution in [0.3, 0.4) is 0 Å². The molecule has 7 heteroatoms. The third-order valence-corrected chi connectivity index (χ3v) is 6.24. The molecule has 2 amide bonds. The lowest BCUT2D eigenvalue weighted by atomic mass is 9.82. The van der Waals surface area contributed by atoms with E-state index in [0.29, 0.717) is 50.1 Å². The molecule has 7 nitrogen and oxygen atoms in total. The van der Waals surface area contributed by atoms with Crippen molar-refractivity contribution in [1.29, 1.82) is 0 Å². The van der Waals surface area contributed by atoms with Crippen LogP contribution in [0.15, 0.2) is 18.2 Å². The van der Waals surface area contributed by atoms with Gasteiger partial charge in [0.2, 0.25) is 5.91 Å². The zero-order valence-electron chi connectivity index (χ0n) is 18.2. The van der Waals surface area contributed by atoms with Crippen molar-refractivity contribution in [2.75, 3.05) is 20.2 Å². The molecule has 1 aromatic rings. The van der Waals surface area contributed by atoms with E-state index in [-0.39, 0.29) is 29.8 Å². The van der Waals surface area contributed by atoms with Gasteiger partial charge >= 0.3 is 6.09 Å². The number of carbonyl (C=O) groups is 2. The summed E-state index contributed by atoms with van der Waals surface area (Å²) in [6.07, 6.45) is 4.13. The van der Waals surface area contributed by atoms with Crippen LogP contribution in [0.4, 0.5) is 4.79 Å². The summed E-state index contributed by atoms with van der Waals surface area (Å²) in [4.78, 5) is 26.8. The minimum absolute atomic E-state index is 0.00927. The SMILES string of the molecule is COc1cc(CNC(=O)C2CCN(C(=O)OC3C[C@@H](C)C[C@@H](C)C3)CC2)ccc1O. The fourth-order valence-corrected chi connectivity index (χ4v) is 4.68. The summed E-state index contributed by atoms with van der Waals surface area (Å²) in [6.45, 7) is 5.89. The number of hydrogen-bond donors (Lipinski definition) is 2. The topological polar surface area (TPSA) is 88.1 Å².